The summed E-state index contributed by atoms with van der Waals surface area (Å²) in [6, 6.07) is 2.70. The average molecular weight is 521 g/mol. The van der Waals surface area contributed by atoms with E-state index in [-0.39, 0.29) is 11.3 Å². The van der Waals surface area contributed by atoms with Gasteiger partial charge in [-0.1, -0.05) is 39.7 Å². The quantitative estimate of drug-likeness (QED) is 0.183. The second-order valence-corrected chi connectivity index (χ2v) is 9.16. The monoisotopic (exact) mass is 520 g/mol. The molecule has 3 N–H and O–H groups in total. The summed E-state index contributed by atoms with van der Waals surface area (Å²) in [5.41, 5.74) is -0.218. The fourth-order valence-corrected chi connectivity index (χ4v) is 3.92. The van der Waals surface area contributed by atoms with Crippen LogP contribution in [0.1, 0.15) is 70.7 Å². The number of hydrogen-bond acceptors (Lipinski definition) is 9. The van der Waals surface area contributed by atoms with Crippen LogP contribution in [0.5, 0.6) is 5.75 Å². The van der Waals surface area contributed by atoms with Crippen molar-refractivity contribution in [3.63, 3.8) is 0 Å². The number of esters is 3. The Labute approximate surface area is 216 Å². The molecule has 0 radical (unpaired) electrons. The van der Waals surface area contributed by atoms with Crippen LogP contribution in [0.15, 0.2) is 18.2 Å². The minimum absolute atomic E-state index is 0.00229. The number of phenolic OH excluding ortho intramolecular Hbond substituents is 1. The van der Waals surface area contributed by atoms with Crippen molar-refractivity contribution in [2.45, 2.75) is 84.7 Å². The maximum Gasteiger partial charge on any atom is 0.332 e. The van der Waals surface area contributed by atoms with Gasteiger partial charge in [-0.3, -0.25) is 19.2 Å². The number of anilines is 1. The molecule has 6 atom stereocenters. The summed E-state index contributed by atoms with van der Waals surface area (Å²) in [5, 5.41) is 15.1. The molecule has 37 heavy (non-hydrogen) atoms. The van der Waals surface area contributed by atoms with Crippen LogP contribution in [0.25, 0.3) is 0 Å². The zero-order valence-electron chi connectivity index (χ0n) is 21.8. The zero-order chi connectivity index (χ0) is 27.7. The van der Waals surface area contributed by atoms with Crippen molar-refractivity contribution in [3.05, 3.63) is 23.8 Å². The fraction of sp³-hybridized carbons (Fsp3) is 0.577. The molecule has 0 spiro atoms. The summed E-state index contributed by atoms with van der Waals surface area (Å²) in [6.07, 6.45) is -0.558. The normalized spacial score (nSPS) is 24.8. The van der Waals surface area contributed by atoms with E-state index < -0.39 is 65.8 Å². The zero-order valence-corrected chi connectivity index (χ0v) is 21.8. The summed E-state index contributed by atoms with van der Waals surface area (Å²) < 4.78 is 16.8. The van der Waals surface area contributed by atoms with Gasteiger partial charge in [0.05, 0.1) is 23.1 Å². The van der Waals surface area contributed by atoms with E-state index in [9.17, 15) is 29.1 Å². The molecule has 2 amide bonds. The van der Waals surface area contributed by atoms with Gasteiger partial charge in [-0.15, -0.1) is 0 Å². The lowest BCUT2D eigenvalue weighted by atomic mass is 9.92. The van der Waals surface area contributed by atoms with Crippen molar-refractivity contribution >= 4 is 35.9 Å². The number of para-hydroxylation sites is 1. The predicted molar refractivity (Wildman–Crippen MR) is 133 cm³/mol. The molecule has 1 aromatic carbocycles. The van der Waals surface area contributed by atoms with Gasteiger partial charge in [0.2, 0.25) is 6.41 Å². The standard InChI is InChI=1S/C26H36N2O9/c1-6-8-10-18-22(37-24(32)14(3)7-2)16(5)36-26(34)20(15(4)35-25(18)33)28-23(31)17-11-9-12-19(21(17)30)27-13-29/h9,11-16,18,20,22,30H,6-8,10H2,1-5H3,(H,27,29)(H,28,31)/t14-,15+,16-,18-,20+,22+/m1/s1. The third-order valence-corrected chi connectivity index (χ3v) is 6.41. The predicted octanol–water partition coefficient (Wildman–Crippen LogP) is 2.70. The average Bonchev–Trinajstić information content (AvgIpc) is 2.88. The maximum atomic E-state index is 13.2. The number of benzene rings is 1. The highest BCUT2D eigenvalue weighted by Gasteiger charge is 2.44. The third kappa shape index (κ3) is 7.43. The molecular formula is C26H36N2O9. The van der Waals surface area contributed by atoms with Gasteiger partial charge in [0.25, 0.3) is 5.91 Å². The molecule has 204 valence electrons. The van der Waals surface area contributed by atoms with Crippen LogP contribution in [0.3, 0.4) is 0 Å². The Morgan fingerprint density at radius 2 is 1.81 bits per heavy atom. The summed E-state index contributed by atoms with van der Waals surface area (Å²) in [4.78, 5) is 62.6. The highest BCUT2D eigenvalue weighted by Crippen LogP contribution is 2.29. The maximum absolute atomic E-state index is 13.2. The Kier molecular flexibility index (Phi) is 10.9. The van der Waals surface area contributed by atoms with Crippen LogP contribution < -0.4 is 10.6 Å². The van der Waals surface area contributed by atoms with Crippen LogP contribution >= 0.6 is 0 Å². The number of unbranched alkanes of at least 4 members (excludes halogenated alkanes) is 1. The number of carbonyl (C=O) groups is 5. The number of aromatic hydroxyl groups is 1. The minimum Gasteiger partial charge on any atom is -0.505 e. The number of carbonyl (C=O) groups excluding carboxylic acids is 5. The van der Waals surface area contributed by atoms with E-state index in [0.29, 0.717) is 25.7 Å². The van der Waals surface area contributed by atoms with Gasteiger partial charge in [-0.2, -0.15) is 0 Å². The van der Waals surface area contributed by atoms with Gasteiger partial charge in [0, 0.05) is 0 Å². The van der Waals surface area contributed by atoms with E-state index in [2.05, 4.69) is 10.6 Å². The molecule has 1 saturated heterocycles. The van der Waals surface area contributed by atoms with Gasteiger partial charge in [-0.25, -0.2) is 4.79 Å². The minimum atomic E-state index is -1.42. The molecule has 1 fully saturated rings. The first-order valence-electron chi connectivity index (χ1n) is 12.5. The lowest BCUT2D eigenvalue weighted by Crippen LogP contribution is -2.50. The highest BCUT2D eigenvalue weighted by atomic mass is 16.6. The van der Waals surface area contributed by atoms with Gasteiger partial charge in [0.1, 0.15) is 12.2 Å². The Balaban J connectivity index is 2.36. The van der Waals surface area contributed by atoms with Crippen molar-refractivity contribution < 1.29 is 43.3 Å². The largest absolute Gasteiger partial charge is 0.505 e. The number of amides is 2. The molecule has 11 heteroatoms. The van der Waals surface area contributed by atoms with E-state index in [1.807, 2.05) is 13.8 Å². The molecule has 2 rings (SSSR count). The van der Waals surface area contributed by atoms with Crippen LogP contribution in [-0.2, 0) is 33.4 Å². The number of phenols is 1. The van der Waals surface area contributed by atoms with E-state index >= 15 is 0 Å². The Morgan fingerprint density at radius 3 is 2.43 bits per heavy atom. The van der Waals surface area contributed by atoms with Crippen LogP contribution in [0, 0.1) is 11.8 Å². The molecule has 11 nitrogen and oxygen atoms in total. The lowest BCUT2D eigenvalue weighted by Gasteiger charge is -2.30. The van der Waals surface area contributed by atoms with E-state index in [4.69, 9.17) is 14.2 Å². The lowest BCUT2D eigenvalue weighted by molar-refractivity contribution is -0.177. The number of hydrogen-bond donors (Lipinski definition) is 3. The summed E-state index contributed by atoms with van der Waals surface area (Å²) in [6.45, 7) is 8.44. The smallest absolute Gasteiger partial charge is 0.332 e. The first-order chi connectivity index (χ1) is 17.5. The molecule has 0 aliphatic carbocycles. The highest BCUT2D eigenvalue weighted by molar-refractivity contribution is 6.01. The molecular weight excluding hydrogens is 484 g/mol. The summed E-state index contributed by atoms with van der Waals surface area (Å²) in [5.74, 6) is -4.73. The van der Waals surface area contributed by atoms with Crippen LogP contribution in [-0.4, -0.2) is 59.7 Å². The number of cyclic esters (lactones) is 2. The SMILES string of the molecule is CCCC[C@H]1C(=O)O[C@@H](C)[C@H](NC(=O)c2cccc(NC=O)c2O)C(=O)O[C@H](C)[C@@H]1OC(=O)[C@H](C)CC. The molecule has 1 aliphatic heterocycles. The van der Waals surface area contributed by atoms with E-state index in [0.717, 1.165) is 6.42 Å². The Hall–Kier alpha value is -3.63. The van der Waals surface area contributed by atoms with E-state index in [1.165, 1.54) is 32.0 Å². The number of rotatable bonds is 10. The molecule has 0 unspecified atom stereocenters. The van der Waals surface area contributed by atoms with Gasteiger partial charge < -0.3 is 30.0 Å². The molecule has 0 aromatic heterocycles. The van der Waals surface area contributed by atoms with Crippen molar-refractivity contribution in [2.75, 3.05) is 5.32 Å². The van der Waals surface area contributed by atoms with Crippen LogP contribution in [0.4, 0.5) is 5.69 Å². The van der Waals surface area contributed by atoms with Crippen molar-refractivity contribution in [3.8, 4) is 5.75 Å². The first kappa shape index (κ1) is 29.6. The first-order valence-corrected chi connectivity index (χ1v) is 12.5. The molecule has 0 saturated carbocycles. The second-order valence-electron chi connectivity index (χ2n) is 9.16. The molecule has 1 aliphatic rings. The summed E-state index contributed by atoms with van der Waals surface area (Å²) in [7, 11) is 0. The van der Waals surface area contributed by atoms with E-state index in [1.54, 1.807) is 6.92 Å². The van der Waals surface area contributed by atoms with Gasteiger partial charge in [-0.05, 0) is 38.8 Å². The van der Waals surface area contributed by atoms with Gasteiger partial charge in [0.15, 0.2) is 17.9 Å². The summed E-state index contributed by atoms with van der Waals surface area (Å²) >= 11 is 0. The van der Waals surface area contributed by atoms with Crippen molar-refractivity contribution in [1.29, 1.82) is 0 Å². The molecule has 1 heterocycles. The number of ether oxygens (including phenoxy) is 3. The topological polar surface area (TPSA) is 157 Å². The van der Waals surface area contributed by atoms with Gasteiger partial charge >= 0.3 is 17.9 Å². The number of nitrogens with one attached hydrogen (secondary N) is 2. The molecule has 0 bridgehead atoms. The Bertz CT molecular complexity index is 996. The second kappa shape index (κ2) is 13.6. The Morgan fingerprint density at radius 1 is 1.14 bits per heavy atom. The third-order valence-electron chi connectivity index (χ3n) is 6.41. The van der Waals surface area contributed by atoms with Crippen LogP contribution in [0.2, 0.25) is 0 Å². The van der Waals surface area contributed by atoms with Crippen molar-refractivity contribution in [1.82, 2.24) is 5.32 Å². The molecule has 1 aromatic rings. The fourth-order valence-electron chi connectivity index (χ4n) is 3.92. The van der Waals surface area contributed by atoms with Crippen molar-refractivity contribution in [2.24, 2.45) is 11.8 Å².